The number of carbonyl (C=O) groups excluding carboxylic acids is 3. The van der Waals surface area contributed by atoms with Gasteiger partial charge in [-0.05, 0) is 24.1 Å². The normalized spacial score (nSPS) is 22.2. The highest BCUT2D eigenvalue weighted by Gasteiger charge is 2.46. The number of amides is 3. The molecule has 2 N–H and O–H groups in total. The van der Waals surface area contributed by atoms with Gasteiger partial charge in [-0.2, -0.15) is 0 Å². The van der Waals surface area contributed by atoms with Crippen molar-refractivity contribution in [1.29, 1.82) is 0 Å². The van der Waals surface area contributed by atoms with Gasteiger partial charge in [-0.3, -0.25) is 19.7 Å². The molecule has 1 fully saturated rings. The van der Waals surface area contributed by atoms with Crippen molar-refractivity contribution in [1.82, 2.24) is 5.32 Å². The minimum Gasteiger partial charge on any atom is -0.326 e. The maximum Gasteiger partial charge on any atom is 0.237 e. The first kappa shape index (κ1) is 13.3. The van der Waals surface area contributed by atoms with E-state index in [0.29, 0.717) is 12.1 Å². The number of benzene rings is 1. The van der Waals surface area contributed by atoms with Crippen LogP contribution >= 0.6 is 0 Å². The van der Waals surface area contributed by atoms with Crippen LogP contribution in [0.15, 0.2) is 24.3 Å². The predicted octanol–water partition coefficient (Wildman–Crippen LogP) is 1.34. The molecule has 5 nitrogen and oxygen atoms in total. The molecule has 0 radical (unpaired) electrons. The van der Waals surface area contributed by atoms with Gasteiger partial charge in [-0.1, -0.05) is 19.1 Å². The maximum atomic E-state index is 12.0. The molecule has 0 spiro atoms. The minimum absolute atomic E-state index is 0.147. The quantitative estimate of drug-likeness (QED) is 0.805. The zero-order valence-corrected chi connectivity index (χ0v) is 10.9. The lowest BCUT2D eigenvalue weighted by Gasteiger charge is -2.24. The van der Waals surface area contributed by atoms with E-state index in [1.54, 1.807) is 24.3 Å². The molecule has 1 heterocycles. The first-order chi connectivity index (χ1) is 8.98. The first-order valence-corrected chi connectivity index (χ1v) is 6.20. The van der Waals surface area contributed by atoms with Crippen LogP contribution in [-0.2, 0) is 19.8 Å². The van der Waals surface area contributed by atoms with Gasteiger partial charge in [0.15, 0.2) is 0 Å². The van der Waals surface area contributed by atoms with E-state index in [1.165, 1.54) is 6.92 Å². The van der Waals surface area contributed by atoms with Crippen LogP contribution in [-0.4, -0.2) is 17.7 Å². The maximum absolute atomic E-state index is 12.0. The molecular formula is C14H16N2O3. The lowest BCUT2D eigenvalue weighted by molar-refractivity contribution is -0.126. The molecule has 2 rings (SSSR count). The largest absolute Gasteiger partial charge is 0.326 e. The van der Waals surface area contributed by atoms with E-state index in [2.05, 4.69) is 10.6 Å². The number of hydrogen-bond acceptors (Lipinski definition) is 3. The zero-order valence-electron chi connectivity index (χ0n) is 10.9. The Kier molecular flexibility index (Phi) is 3.38. The van der Waals surface area contributed by atoms with E-state index < -0.39 is 5.41 Å². The Morgan fingerprint density at radius 3 is 2.37 bits per heavy atom. The van der Waals surface area contributed by atoms with E-state index in [4.69, 9.17) is 0 Å². The molecule has 1 aromatic rings. The SMILES string of the molecule is CCC1(c2ccc(NC(C)=O)cc2)CC(=O)NC1=O. The predicted molar refractivity (Wildman–Crippen MR) is 70.5 cm³/mol. The number of imide groups is 1. The molecule has 1 aromatic carbocycles. The van der Waals surface area contributed by atoms with Crippen molar-refractivity contribution in [2.45, 2.75) is 32.1 Å². The average molecular weight is 260 g/mol. The molecule has 1 saturated heterocycles. The van der Waals surface area contributed by atoms with Gasteiger partial charge in [-0.25, -0.2) is 0 Å². The molecule has 1 aliphatic rings. The highest BCUT2D eigenvalue weighted by molar-refractivity contribution is 6.09. The lowest BCUT2D eigenvalue weighted by Crippen LogP contribution is -2.35. The van der Waals surface area contributed by atoms with Crippen molar-refractivity contribution in [3.63, 3.8) is 0 Å². The van der Waals surface area contributed by atoms with E-state index in [9.17, 15) is 14.4 Å². The van der Waals surface area contributed by atoms with Crippen molar-refractivity contribution < 1.29 is 14.4 Å². The monoisotopic (exact) mass is 260 g/mol. The summed E-state index contributed by atoms with van der Waals surface area (Å²) in [6.45, 7) is 3.32. The molecule has 5 heteroatoms. The molecular weight excluding hydrogens is 244 g/mol. The third-order valence-corrected chi connectivity index (χ3v) is 3.51. The summed E-state index contributed by atoms with van der Waals surface area (Å²) in [5.41, 5.74) is 0.700. The summed E-state index contributed by atoms with van der Waals surface area (Å²) in [5.74, 6) is -0.628. The number of hydrogen-bond donors (Lipinski definition) is 2. The molecule has 100 valence electrons. The minimum atomic E-state index is -0.772. The van der Waals surface area contributed by atoms with Crippen LogP contribution in [0.25, 0.3) is 0 Å². The van der Waals surface area contributed by atoms with E-state index >= 15 is 0 Å². The zero-order chi connectivity index (χ0) is 14.0. The van der Waals surface area contributed by atoms with Crippen LogP contribution < -0.4 is 10.6 Å². The van der Waals surface area contributed by atoms with Crippen LogP contribution in [0.5, 0.6) is 0 Å². The van der Waals surface area contributed by atoms with Crippen molar-refractivity contribution in [3.05, 3.63) is 29.8 Å². The highest BCUT2D eigenvalue weighted by atomic mass is 16.2. The molecule has 1 aliphatic heterocycles. The second-order valence-electron chi connectivity index (χ2n) is 4.75. The number of nitrogens with one attached hydrogen (secondary N) is 2. The first-order valence-electron chi connectivity index (χ1n) is 6.20. The standard InChI is InChI=1S/C14H16N2O3/c1-3-14(8-12(18)16-13(14)19)10-4-6-11(7-5-10)15-9(2)17/h4-7H,3,8H2,1-2H3,(H,15,17)(H,16,18,19). The number of carbonyl (C=O) groups is 3. The van der Waals surface area contributed by atoms with Gasteiger partial charge in [0.05, 0.1) is 5.41 Å². The Balaban J connectivity index is 2.32. The van der Waals surface area contributed by atoms with Gasteiger partial charge in [0.2, 0.25) is 17.7 Å². The van der Waals surface area contributed by atoms with Crippen molar-refractivity contribution >= 4 is 23.4 Å². The summed E-state index contributed by atoms with van der Waals surface area (Å²) in [6, 6.07) is 7.05. The summed E-state index contributed by atoms with van der Waals surface area (Å²) in [4.78, 5) is 34.4. The fourth-order valence-corrected chi connectivity index (χ4v) is 2.44. The second kappa shape index (κ2) is 4.84. The molecule has 0 saturated carbocycles. The van der Waals surface area contributed by atoms with Gasteiger partial charge in [-0.15, -0.1) is 0 Å². The summed E-state index contributed by atoms with van der Waals surface area (Å²) >= 11 is 0. The third kappa shape index (κ3) is 2.36. The number of anilines is 1. The fourth-order valence-electron chi connectivity index (χ4n) is 2.44. The lowest BCUT2D eigenvalue weighted by atomic mass is 9.76. The number of rotatable bonds is 3. The Bertz CT molecular complexity index is 536. The molecule has 0 bridgehead atoms. The fraction of sp³-hybridized carbons (Fsp3) is 0.357. The average Bonchev–Trinajstić information content (AvgIpc) is 2.65. The summed E-state index contributed by atoms with van der Waals surface area (Å²) in [7, 11) is 0. The van der Waals surface area contributed by atoms with Crippen molar-refractivity contribution in [3.8, 4) is 0 Å². The molecule has 1 unspecified atom stereocenters. The Labute approximate surface area is 111 Å². The Hall–Kier alpha value is -2.17. The topological polar surface area (TPSA) is 75.3 Å². The van der Waals surface area contributed by atoms with Crippen LogP contribution in [0.3, 0.4) is 0 Å². The summed E-state index contributed by atoms with van der Waals surface area (Å²) in [6.07, 6.45) is 0.742. The van der Waals surface area contributed by atoms with Crippen molar-refractivity contribution in [2.75, 3.05) is 5.32 Å². The molecule has 19 heavy (non-hydrogen) atoms. The van der Waals surface area contributed by atoms with Crippen molar-refractivity contribution in [2.24, 2.45) is 0 Å². The Morgan fingerprint density at radius 2 is 1.95 bits per heavy atom. The van der Waals surface area contributed by atoms with Gasteiger partial charge in [0.25, 0.3) is 0 Å². The third-order valence-electron chi connectivity index (χ3n) is 3.51. The van der Waals surface area contributed by atoms with Gasteiger partial charge >= 0.3 is 0 Å². The van der Waals surface area contributed by atoms with Gasteiger partial charge < -0.3 is 5.32 Å². The van der Waals surface area contributed by atoms with Crippen LogP contribution in [0, 0.1) is 0 Å². The Morgan fingerprint density at radius 1 is 1.32 bits per heavy atom. The van der Waals surface area contributed by atoms with E-state index in [0.717, 1.165) is 5.56 Å². The van der Waals surface area contributed by atoms with Crippen LogP contribution in [0.1, 0.15) is 32.3 Å². The van der Waals surface area contributed by atoms with Crippen LogP contribution in [0.2, 0.25) is 0 Å². The van der Waals surface area contributed by atoms with Gasteiger partial charge in [0, 0.05) is 19.0 Å². The summed E-state index contributed by atoms with van der Waals surface area (Å²) < 4.78 is 0. The molecule has 0 aliphatic carbocycles. The molecule has 0 aromatic heterocycles. The molecule has 1 atom stereocenters. The summed E-state index contributed by atoms with van der Waals surface area (Å²) in [5, 5.41) is 5.02. The van der Waals surface area contributed by atoms with E-state index in [1.807, 2.05) is 6.92 Å². The van der Waals surface area contributed by atoms with Gasteiger partial charge in [0.1, 0.15) is 0 Å². The second-order valence-corrected chi connectivity index (χ2v) is 4.75. The highest BCUT2D eigenvalue weighted by Crippen LogP contribution is 2.36. The van der Waals surface area contributed by atoms with Crippen LogP contribution in [0.4, 0.5) is 5.69 Å². The smallest absolute Gasteiger partial charge is 0.237 e. The molecule has 3 amide bonds. The van der Waals surface area contributed by atoms with E-state index in [-0.39, 0.29) is 24.1 Å².